The van der Waals surface area contributed by atoms with Crippen molar-refractivity contribution < 1.29 is 11.0 Å². The van der Waals surface area contributed by atoms with Crippen LogP contribution in [0.4, 0.5) is 0 Å². The monoisotopic (exact) mass is 372 g/mol. The van der Waals surface area contributed by atoms with Gasteiger partial charge in [0.2, 0.25) is 0 Å². The van der Waals surface area contributed by atoms with Gasteiger partial charge in [-0.25, -0.2) is 0 Å². The Morgan fingerprint density at radius 3 is 1.95 bits per heavy atom. The van der Waals surface area contributed by atoms with Gasteiger partial charge in [-0.15, -0.1) is 0 Å². The van der Waals surface area contributed by atoms with Gasteiger partial charge in [-0.05, 0) is 0 Å². The molecule has 0 spiro atoms. The predicted molar refractivity (Wildman–Crippen MR) is 73.0 cm³/mol. The molecule has 0 aliphatic carbocycles. The van der Waals surface area contributed by atoms with Crippen LogP contribution in [0, 0.1) is 0 Å². The molecule has 19 heavy (non-hydrogen) atoms. The minimum atomic E-state index is -4.09. The number of hydrogen-bond donors (Lipinski definition) is 0. The first-order chi connectivity index (χ1) is 8.96. The molecule has 3 nitrogen and oxygen atoms in total. The molecular formula is C15H14O3Te. The van der Waals surface area contributed by atoms with Gasteiger partial charge in [0.25, 0.3) is 0 Å². The van der Waals surface area contributed by atoms with Crippen LogP contribution < -0.4 is 0 Å². The summed E-state index contributed by atoms with van der Waals surface area (Å²) in [4.78, 5) is 13.4. The van der Waals surface area contributed by atoms with Crippen molar-refractivity contribution in [2.24, 2.45) is 0 Å². The van der Waals surface area contributed by atoms with E-state index in [-0.39, 0.29) is 10.3 Å². The quantitative estimate of drug-likeness (QED) is 0.615. The van der Waals surface area contributed by atoms with E-state index in [1.807, 2.05) is 18.2 Å². The summed E-state index contributed by atoms with van der Waals surface area (Å²) in [5.41, 5.74) is 1.94. The third-order valence-corrected chi connectivity index (χ3v) is 5.13. The first-order valence-electron chi connectivity index (χ1n) is 5.82. The zero-order valence-electron chi connectivity index (χ0n) is 10.5. The molecule has 0 fully saturated rings. The van der Waals surface area contributed by atoms with Crippen molar-refractivity contribution in [2.45, 2.75) is 9.44 Å². The number of carbonyl (C=O) groups is 1. The van der Waals surface area contributed by atoms with Crippen LogP contribution >= 0.6 is 0 Å². The Hall–Kier alpha value is -1.50. The fourth-order valence-electron chi connectivity index (χ4n) is 1.81. The Labute approximate surface area is 115 Å². The van der Waals surface area contributed by atoms with Crippen LogP contribution in [-0.4, -0.2) is 23.9 Å². The molecule has 0 aliphatic heterocycles. The van der Waals surface area contributed by atoms with Crippen molar-refractivity contribution in [3.05, 3.63) is 71.3 Å². The number of ketones is 1. The van der Waals surface area contributed by atoms with Gasteiger partial charge < -0.3 is 0 Å². The maximum atomic E-state index is 12.1. The zero-order chi connectivity index (χ0) is 13.9. The third kappa shape index (κ3) is 3.99. The summed E-state index contributed by atoms with van der Waals surface area (Å²) >= 11 is -4.09. The van der Waals surface area contributed by atoms with Crippen molar-refractivity contribution >= 4 is 23.9 Å². The van der Waals surface area contributed by atoms with Crippen LogP contribution in [0.2, 0.25) is 4.97 Å². The van der Waals surface area contributed by atoms with E-state index in [1.165, 1.54) is 4.97 Å². The van der Waals surface area contributed by atoms with Gasteiger partial charge >= 0.3 is 116 Å². The number of benzene rings is 2. The second-order valence-corrected chi connectivity index (χ2v) is 10.6. The molecule has 0 aromatic heterocycles. The molecule has 0 unspecified atom stereocenters. The molecule has 0 amide bonds. The predicted octanol–water partition coefficient (Wildman–Crippen LogP) is 2.93. The fraction of sp³-hybridized carbons (Fsp3) is 0.133. The summed E-state index contributed by atoms with van der Waals surface area (Å²) in [5.74, 6) is -0.0547. The molecular weight excluding hydrogens is 356 g/mol. The molecule has 0 aliphatic rings. The van der Waals surface area contributed by atoms with E-state index in [2.05, 4.69) is 0 Å². The Balaban J connectivity index is 2.22. The molecule has 2 rings (SSSR count). The van der Waals surface area contributed by atoms with Crippen LogP contribution in [0.3, 0.4) is 0 Å². The van der Waals surface area contributed by atoms with Gasteiger partial charge in [-0.3, -0.25) is 0 Å². The first-order valence-corrected chi connectivity index (χ1v) is 11.7. The molecule has 0 saturated carbocycles. The van der Waals surface area contributed by atoms with E-state index >= 15 is 0 Å². The normalized spacial score (nSPS) is 11.2. The van der Waals surface area contributed by atoms with Crippen molar-refractivity contribution in [2.75, 3.05) is 0 Å². The number of rotatable bonds is 4. The summed E-state index contributed by atoms with van der Waals surface area (Å²) < 4.78 is 22.7. The molecule has 0 N–H and O–H groups in total. The van der Waals surface area contributed by atoms with Gasteiger partial charge in [0, 0.05) is 0 Å². The minimum absolute atomic E-state index is 0.0547. The Morgan fingerprint density at radius 2 is 1.42 bits per heavy atom. The van der Waals surface area contributed by atoms with Gasteiger partial charge in [0.05, 0.1) is 0 Å². The Kier molecular flexibility index (Phi) is 4.14. The van der Waals surface area contributed by atoms with Crippen LogP contribution in [-0.2, 0) is 10.7 Å². The molecule has 98 valence electrons. The van der Waals surface area contributed by atoms with Gasteiger partial charge in [0.1, 0.15) is 0 Å². The van der Waals surface area contributed by atoms with E-state index in [1.54, 1.807) is 36.4 Å². The Morgan fingerprint density at radius 1 is 0.895 bits per heavy atom. The summed E-state index contributed by atoms with van der Waals surface area (Å²) in [7, 11) is 0. The molecule has 0 radical (unpaired) electrons. The maximum absolute atomic E-state index is 12.1. The fourth-order valence-corrected chi connectivity index (χ4v) is 4.09. The van der Waals surface area contributed by atoms with E-state index in [4.69, 9.17) is 0 Å². The van der Waals surface area contributed by atoms with Gasteiger partial charge in [-0.1, -0.05) is 0 Å². The van der Waals surface area contributed by atoms with Gasteiger partial charge in [0.15, 0.2) is 0 Å². The van der Waals surface area contributed by atoms with Crippen LogP contribution in [0.1, 0.15) is 21.5 Å². The topological polar surface area (TPSA) is 51.2 Å². The second-order valence-electron chi connectivity index (χ2n) is 4.46. The standard InChI is InChI=1S/C15H14O3Te/c1-19(17,18)11-12-7-9-14(10-8-12)15(16)13-5-3-2-4-6-13/h2-10H,11H2,1H3. The number of carbonyl (C=O) groups excluding carboxylic acids is 1. The molecule has 0 heterocycles. The summed E-state index contributed by atoms with van der Waals surface area (Å²) in [6, 6.07) is 15.8. The van der Waals surface area contributed by atoms with Crippen LogP contribution in [0.15, 0.2) is 54.6 Å². The van der Waals surface area contributed by atoms with Crippen molar-refractivity contribution in [3.63, 3.8) is 0 Å². The molecule has 2 aromatic carbocycles. The van der Waals surface area contributed by atoms with Crippen LogP contribution in [0.25, 0.3) is 0 Å². The van der Waals surface area contributed by atoms with Crippen molar-refractivity contribution in [3.8, 4) is 0 Å². The van der Waals surface area contributed by atoms with E-state index in [0.717, 1.165) is 5.56 Å². The molecule has 4 heteroatoms. The second kappa shape index (κ2) is 5.64. The first kappa shape index (κ1) is 13.9. The third-order valence-electron chi connectivity index (χ3n) is 2.68. The van der Waals surface area contributed by atoms with E-state index in [9.17, 15) is 11.0 Å². The molecule has 0 atom stereocenters. The summed E-state index contributed by atoms with van der Waals surface area (Å²) in [6.07, 6.45) is 0. The van der Waals surface area contributed by atoms with Crippen molar-refractivity contribution in [1.29, 1.82) is 0 Å². The Bertz CT molecular complexity index is 671. The molecule has 0 saturated heterocycles. The van der Waals surface area contributed by atoms with Crippen LogP contribution in [0.5, 0.6) is 0 Å². The molecule has 2 aromatic rings. The van der Waals surface area contributed by atoms with E-state index in [0.29, 0.717) is 11.1 Å². The van der Waals surface area contributed by atoms with E-state index < -0.39 is 18.1 Å². The average Bonchev–Trinajstić information content (AvgIpc) is 2.38. The molecule has 0 bridgehead atoms. The number of hydrogen-bond acceptors (Lipinski definition) is 3. The zero-order valence-corrected chi connectivity index (χ0v) is 12.9. The summed E-state index contributed by atoms with van der Waals surface area (Å²) in [6.45, 7) is 0. The van der Waals surface area contributed by atoms with Gasteiger partial charge in [-0.2, -0.15) is 0 Å². The SMILES string of the molecule is C[Te](=O)(=O)Cc1ccc(C(=O)c2ccccc2)cc1. The average molecular weight is 370 g/mol. The summed E-state index contributed by atoms with van der Waals surface area (Å²) in [5, 5.41) is 0. The van der Waals surface area contributed by atoms with Crippen molar-refractivity contribution in [1.82, 2.24) is 0 Å².